The average molecular weight is 467 g/mol. The zero-order valence-corrected chi connectivity index (χ0v) is 19.9. The number of rotatable bonds is 6. The standard InChI is InChI=1S/C30H30N2O3/c1-31(20-11-14-23-12-5-2-6-13-23)26-19-21-32(27(22-26)30(34)35)29(33)28(24-15-7-3-8-16-24)25-17-9-4-10-18-25/h2-10,12-13,15-18,26-28H,19-22H2,1H3,(H,34,35)/t26?,27-/m0/s1. The average Bonchev–Trinajstić information content (AvgIpc) is 2.90. The van der Waals surface area contributed by atoms with Gasteiger partial charge in [0.15, 0.2) is 0 Å². The van der Waals surface area contributed by atoms with E-state index in [4.69, 9.17) is 0 Å². The number of hydrogen-bond acceptors (Lipinski definition) is 3. The van der Waals surface area contributed by atoms with Crippen LogP contribution in [0.15, 0.2) is 91.0 Å². The number of likely N-dealkylation sites (tertiary alicyclic amines) is 1. The number of aliphatic carboxylic acids is 1. The first-order valence-corrected chi connectivity index (χ1v) is 11.9. The maximum atomic E-state index is 13.8. The van der Waals surface area contributed by atoms with Gasteiger partial charge in [-0.3, -0.25) is 9.69 Å². The zero-order chi connectivity index (χ0) is 24.6. The van der Waals surface area contributed by atoms with Gasteiger partial charge in [-0.05, 0) is 43.1 Å². The van der Waals surface area contributed by atoms with Gasteiger partial charge < -0.3 is 10.0 Å². The lowest BCUT2D eigenvalue weighted by Crippen LogP contribution is -2.55. The highest BCUT2D eigenvalue weighted by Gasteiger charge is 2.40. The van der Waals surface area contributed by atoms with Crippen LogP contribution in [-0.2, 0) is 9.59 Å². The van der Waals surface area contributed by atoms with Gasteiger partial charge >= 0.3 is 5.97 Å². The summed E-state index contributed by atoms with van der Waals surface area (Å²) in [5.74, 6) is 4.67. The Balaban J connectivity index is 1.50. The van der Waals surface area contributed by atoms with Crippen LogP contribution < -0.4 is 0 Å². The van der Waals surface area contributed by atoms with E-state index in [1.54, 1.807) is 4.90 Å². The van der Waals surface area contributed by atoms with Crippen LogP contribution in [0.25, 0.3) is 0 Å². The molecule has 0 aliphatic carbocycles. The van der Waals surface area contributed by atoms with Crippen molar-refractivity contribution in [1.82, 2.24) is 9.80 Å². The van der Waals surface area contributed by atoms with Crippen LogP contribution in [-0.4, -0.2) is 59.0 Å². The third kappa shape index (κ3) is 5.98. The number of carboxylic acids is 1. The molecule has 35 heavy (non-hydrogen) atoms. The van der Waals surface area contributed by atoms with Crippen molar-refractivity contribution in [3.63, 3.8) is 0 Å². The summed E-state index contributed by atoms with van der Waals surface area (Å²) < 4.78 is 0. The summed E-state index contributed by atoms with van der Waals surface area (Å²) in [5, 5.41) is 10.1. The molecule has 1 fully saturated rings. The number of piperidine rings is 1. The molecule has 4 rings (SSSR count). The third-order valence-corrected chi connectivity index (χ3v) is 6.61. The predicted octanol–water partition coefficient (Wildman–Crippen LogP) is 4.25. The van der Waals surface area contributed by atoms with Gasteiger partial charge in [0.25, 0.3) is 0 Å². The molecular weight excluding hydrogens is 436 g/mol. The zero-order valence-electron chi connectivity index (χ0n) is 19.9. The summed E-state index contributed by atoms with van der Waals surface area (Å²) in [4.78, 5) is 29.8. The number of benzene rings is 3. The van der Waals surface area contributed by atoms with Crippen LogP contribution in [0.5, 0.6) is 0 Å². The number of carbonyl (C=O) groups is 2. The molecule has 3 aromatic rings. The molecule has 1 unspecified atom stereocenters. The first-order valence-electron chi connectivity index (χ1n) is 11.9. The van der Waals surface area contributed by atoms with Crippen molar-refractivity contribution in [3.8, 4) is 11.8 Å². The SMILES string of the molecule is CN(CC#Cc1ccccc1)C1CCN(C(=O)C(c2ccccc2)c2ccccc2)[C@H](C(=O)O)C1. The van der Waals surface area contributed by atoms with E-state index in [0.717, 1.165) is 16.7 Å². The molecule has 5 heteroatoms. The van der Waals surface area contributed by atoms with Crippen LogP contribution in [0, 0.1) is 11.8 Å². The van der Waals surface area contributed by atoms with Crippen molar-refractivity contribution in [1.29, 1.82) is 0 Å². The maximum absolute atomic E-state index is 13.8. The van der Waals surface area contributed by atoms with E-state index in [1.807, 2.05) is 98.0 Å². The second kappa shape index (κ2) is 11.5. The first-order chi connectivity index (χ1) is 17.0. The molecule has 2 atom stereocenters. The fourth-order valence-corrected chi connectivity index (χ4v) is 4.70. The Kier molecular flexibility index (Phi) is 7.97. The highest BCUT2D eigenvalue weighted by atomic mass is 16.4. The molecule has 0 saturated carbocycles. The van der Waals surface area contributed by atoms with Crippen molar-refractivity contribution >= 4 is 11.9 Å². The Morgan fingerprint density at radius 2 is 1.49 bits per heavy atom. The minimum Gasteiger partial charge on any atom is -0.480 e. The molecule has 0 spiro atoms. The van der Waals surface area contributed by atoms with Gasteiger partial charge in [-0.15, -0.1) is 0 Å². The van der Waals surface area contributed by atoms with E-state index in [9.17, 15) is 14.7 Å². The maximum Gasteiger partial charge on any atom is 0.326 e. The van der Waals surface area contributed by atoms with Gasteiger partial charge in [0.2, 0.25) is 5.91 Å². The van der Waals surface area contributed by atoms with Crippen molar-refractivity contribution in [2.75, 3.05) is 20.1 Å². The number of carbonyl (C=O) groups excluding carboxylic acids is 1. The van der Waals surface area contributed by atoms with Crippen LogP contribution in [0.1, 0.15) is 35.4 Å². The van der Waals surface area contributed by atoms with Crippen molar-refractivity contribution < 1.29 is 14.7 Å². The molecule has 1 N–H and O–H groups in total. The molecule has 1 saturated heterocycles. The summed E-state index contributed by atoms with van der Waals surface area (Å²) >= 11 is 0. The summed E-state index contributed by atoms with van der Waals surface area (Å²) in [6.45, 7) is 0.934. The highest BCUT2D eigenvalue weighted by molar-refractivity contribution is 5.91. The van der Waals surface area contributed by atoms with Crippen LogP contribution in [0.4, 0.5) is 0 Å². The Morgan fingerprint density at radius 1 is 0.943 bits per heavy atom. The third-order valence-electron chi connectivity index (χ3n) is 6.61. The number of amides is 1. The largest absolute Gasteiger partial charge is 0.480 e. The lowest BCUT2D eigenvalue weighted by Gasteiger charge is -2.41. The summed E-state index contributed by atoms with van der Waals surface area (Å²) in [7, 11) is 1.97. The monoisotopic (exact) mass is 466 g/mol. The van der Waals surface area contributed by atoms with Crippen LogP contribution >= 0.6 is 0 Å². The molecule has 0 radical (unpaired) electrons. The number of nitrogens with zero attached hydrogens (tertiary/aromatic N) is 2. The second-order valence-corrected chi connectivity index (χ2v) is 8.90. The van der Waals surface area contributed by atoms with Gasteiger partial charge in [-0.1, -0.05) is 90.7 Å². The van der Waals surface area contributed by atoms with E-state index in [1.165, 1.54) is 0 Å². The lowest BCUT2D eigenvalue weighted by molar-refractivity contribution is -0.153. The fourth-order valence-electron chi connectivity index (χ4n) is 4.70. The predicted molar refractivity (Wildman–Crippen MR) is 137 cm³/mol. The Labute approximate surface area is 207 Å². The minimum atomic E-state index is -0.966. The van der Waals surface area contributed by atoms with Gasteiger partial charge in [0, 0.05) is 18.2 Å². The second-order valence-electron chi connectivity index (χ2n) is 8.90. The summed E-state index contributed by atoms with van der Waals surface area (Å²) in [6.07, 6.45) is 1.08. The molecule has 5 nitrogen and oxygen atoms in total. The Bertz CT molecular complexity index is 1150. The van der Waals surface area contributed by atoms with E-state index >= 15 is 0 Å². The quantitative estimate of drug-likeness (QED) is 0.552. The molecule has 0 aromatic heterocycles. The van der Waals surface area contributed by atoms with Crippen molar-refractivity contribution in [2.45, 2.75) is 30.8 Å². The van der Waals surface area contributed by atoms with E-state index < -0.39 is 17.9 Å². The van der Waals surface area contributed by atoms with E-state index in [-0.39, 0.29) is 11.9 Å². The molecular formula is C30H30N2O3. The lowest BCUT2D eigenvalue weighted by atomic mass is 9.87. The Hall–Kier alpha value is -3.88. The molecule has 3 aromatic carbocycles. The Morgan fingerprint density at radius 3 is 2.03 bits per heavy atom. The van der Waals surface area contributed by atoms with Crippen molar-refractivity contribution in [2.24, 2.45) is 0 Å². The smallest absolute Gasteiger partial charge is 0.326 e. The van der Waals surface area contributed by atoms with E-state index in [2.05, 4.69) is 16.7 Å². The molecule has 1 amide bonds. The molecule has 1 heterocycles. The molecule has 178 valence electrons. The number of hydrogen-bond donors (Lipinski definition) is 1. The summed E-state index contributed by atoms with van der Waals surface area (Å²) in [6, 6.07) is 28.1. The van der Waals surface area contributed by atoms with Gasteiger partial charge in [0.1, 0.15) is 6.04 Å². The molecule has 1 aliphatic heterocycles. The highest BCUT2D eigenvalue weighted by Crippen LogP contribution is 2.31. The normalized spacial score (nSPS) is 17.6. The summed E-state index contributed by atoms with van der Waals surface area (Å²) in [5.41, 5.74) is 2.68. The molecule has 1 aliphatic rings. The van der Waals surface area contributed by atoms with Crippen molar-refractivity contribution in [3.05, 3.63) is 108 Å². The van der Waals surface area contributed by atoms with E-state index in [0.29, 0.717) is 25.9 Å². The first kappa shape index (κ1) is 24.3. The van der Waals surface area contributed by atoms with Crippen LogP contribution in [0.3, 0.4) is 0 Å². The topological polar surface area (TPSA) is 60.9 Å². The fraction of sp³-hybridized carbons (Fsp3) is 0.267. The molecule has 0 bridgehead atoms. The number of carboxylic acid groups (broad SMARTS) is 1. The van der Waals surface area contributed by atoms with Crippen LogP contribution in [0.2, 0.25) is 0 Å². The van der Waals surface area contributed by atoms with Gasteiger partial charge in [-0.25, -0.2) is 4.79 Å². The van der Waals surface area contributed by atoms with Gasteiger partial charge in [-0.2, -0.15) is 0 Å². The minimum absolute atomic E-state index is 0.0390. The van der Waals surface area contributed by atoms with Gasteiger partial charge in [0.05, 0.1) is 12.5 Å².